The molecule has 3 aromatic rings. The molecule has 2 heterocycles. The van der Waals surface area contributed by atoms with E-state index < -0.39 is 0 Å². The summed E-state index contributed by atoms with van der Waals surface area (Å²) < 4.78 is 1.74. The van der Waals surface area contributed by atoms with Gasteiger partial charge in [0.15, 0.2) is 5.65 Å². The number of allylic oxidation sites excluding steroid dienone is 2. The molecular weight excluding hydrogens is 396 g/mol. The molecule has 0 aliphatic heterocycles. The van der Waals surface area contributed by atoms with Crippen molar-refractivity contribution in [3.05, 3.63) is 66.3 Å². The van der Waals surface area contributed by atoms with Crippen LogP contribution >= 0.6 is 0 Å². The van der Waals surface area contributed by atoms with Gasteiger partial charge in [0.05, 0.1) is 30.4 Å². The van der Waals surface area contributed by atoms with Crippen LogP contribution in [0.2, 0.25) is 0 Å². The van der Waals surface area contributed by atoms with Crippen molar-refractivity contribution >= 4 is 34.8 Å². The van der Waals surface area contributed by atoms with E-state index in [-0.39, 0.29) is 12.5 Å². The van der Waals surface area contributed by atoms with E-state index in [9.17, 15) is 4.79 Å². The van der Waals surface area contributed by atoms with Gasteiger partial charge >= 0.3 is 0 Å². The van der Waals surface area contributed by atoms with Gasteiger partial charge in [-0.05, 0) is 30.7 Å². The number of carbonyl (C=O) groups excluding carboxylic acids is 1. The van der Waals surface area contributed by atoms with Gasteiger partial charge in [-0.2, -0.15) is 10.1 Å². The molecule has 3 rings (SSSR count). The first-order valence-corrected chi connectivity index (χ1v) is 9.66. The highest BCUT2D eigenvalue weighted by Crippen LogP contribution is 2.17. The third-order valence-electron chi connectivity index (χ3n) is 4.15. The summed E-state index contributed by atoms with van der Waals surface area (Å²) in [5.74, 6) is 0.137. The topological polar surface area (TPSA) is 141 Å². The van der Waals surface area contributed by atoms with Crippen LogP contribution in [-0.4, -0.2) is 50.1 Å². The smallest absolute Gasteiger partial charge is 0.248 e. The van der Waals surface area contributed by atoms with Crippen LogP contribution in [0.25, 0.3) is 11.0 Å². The minimum Gasteiger partial charge on any atom is -0.395 e. The first kappa shape index (κ1) is 21.7. The fourth-order valence-electron chi connectivity index (χ4n) is 2.79. The Labute approximate surface area is 179 Å². The number of nitrogens with one attached hydrogen (secondary N) is 4. The molecule has 0 bridgehead atoms. The maximum atomic E-state index is 11.8. The van der Waals surface area contributed by atoms with E-state index in [1.54, 1.807) is 36.3 Å². The molecule has 1 aromatic carbocycles. The predicted molar refractivity (Wildman–Crippen MR) is 120 cm³/mol. The van der Waals surface area contributed by atoms with Gasteiger partial charge in [0.2, 0.25) is 11.9 Å². The predicted octanol–water partition coefficient (Wildman–Crippen LogP) is 1.87. The number of aliphatic hydroxyl groups is 1. The number of amides is 1. The van der Waals surface area contributed by atoms with Crippen molar-refractivity contribution in [3.8, 4) is 0 Å². The molecule has 0 saturated heterocycles. The van der Waals surface area contributed by atoms with Crippen molar-refractivity contribution in [1.82, 2.24) is 25.1 Å². The Morgan fingerprint density at radius 3 is 2.94 bits per heavy atom. The highest BCUT2D eigenvalue weighted by molar-refractivity contribution is 5.99. The van der Waals surface area contributed by atoms with E-state index in [2.05, 4.69) is 31.0 Å². The molecule has 0 fully saturated rings. The van der Waals surface area contributed by atoms with E-state index in [0.717, 1.165) is 17.2 Å². The summed E-state index contributed by atoms with van der Waals surface area (Å²) in [6, 6.07) is 7.53. The largest absolute Gasteiger partial charge is 0.395 e. The van der Waals surface area contributed by atoms with E-state index >= 15 is 0 Å². The van der Waals surface area contributed by atoms with Crippen LogP contribution in [0, 0.1) is 5.41 Å². The van der Waals surface area contributed by atoms with Gasteiger partial charge in [-0.15, -0.1) is 0 Å². The number of fused-ring (bicyclic) bond motifs is 1. The Hall–Kier alpha value is -4.05. The molecule has 0 spiro atoms. The number of aliphatic hydroxyl groups excluding tert-OH is 1. The Balaban J connectivity index is 1.79. The fraction of sp³-hybridized carbons (Fsp3) is 0.190. The third kappa shape index (κ3) is 5.97. The van der Waals surface area contributed by atoms with Crippen molar-refractivity contribution in [2.45, 2.75) is 13.5 Å². The van der Waals surface area contributed by atoms with Crippen molar-refractivity contribution in [1.29, 1.82) is 5.41 Å². The van der Waals surface area contributed by atoms with Gasteiger partial charge in [0, 0.05) is 30.8 Å². The molecule has 0 unspecified atom stereocenters. The number of benzene rings is 1. The third-order valence-corrected chi connectivity index (χ3v) is 4.15. The van der Waals surface area contributed by atoms with Crippen LogP contribution in [0.3, 0.4) is 0 Å². The molecule has 2 aromatic heterocycles. The number of nitrogens with zero attached hydrogens (tertiary/aromatic N) is 4. The lowest BCUT2D eigenvalue weighted by atomic mass is 10.2. The zero-order chi connectivity index (χ0) is 22.1. The zero-order valence-electron chi connectivity index (χ0n) is 17.0. The van der Waals surface area contributed by atoms with Gasteiger partial charge in [-0.1, -0.05) is 18.2 Å². The molecule has 10 heteroatoms. The molecule has 0 saturated carbocycles. The van der Waals surface area contributed by atoms with Gasteiger partial charge < -0.3 is 26.5 Å². The Morgan fingerprint density at radius 2 is 2.16 bits per heavy atom. The number of rotatable bonds is 10. The fourth-order valence-corrected chi connectivity index (χ4v) is 2.79. The zero-order valence-corrected chi connectivity index (χ0v) is 17.0. The Kier molecular flexibility index (Phi) is 7.44. The molecule has 0 aliphatic carbocycles. The summed E-state index contributed by atoms with van der Waals surface area (Å²) in [6.45, 7) is 2.61. The van der Waals surface area contributed by atoms with E-state index in [1.165, 1.54) is 6.08 Å². The van der Waals surface area contributed by atoms with E-state index in [4.69, 9.17) is 10.5 Å². The second-order valence-electron chi connectivity index (χ2n) is 6.51. The van der Waals surface area contributed by atoms with Crippen molar-refractivity contribution in [3.63, 3.8) is 0 Å². The molecule has 31 heavy (non-hydrogen) atoms. The number of hydrogen-bond acceptors (Lipinski definition) is 8. The van der Waals surface area contributed by atoms with Gasteiger partial charge in [0.1, 0.15) is 0 Å². The highest BCUT2D eigenvalue weighted by Gasteiger charge is 2.09. The molecule has 10 nitrogen and oxygen atoms in total. The van der Waals surface area contributed by atoms with Crippen molar-refractivity contribution in [2.24, 2.45) is 0 Å². The molecule has 160 valence electrons. The van der Waals surface area contributed by atoms with Crippen LogP contribution in [0.15, 0.2) is 60.7 Å². The molecule has 5 N–H and O–H groups in total. The molecule has 0 radical (unpaired) electrons. The Bertz CT molecular complexity index is 1120. The van der Waals surface area contributed by atoms with Crippen LogP contribution in [0.1, 0.15) is 12.5 Å². The van der Waals surface area contributed by atoms with Gasteiger partial charge in [-0.3, -0.25) is 4.79 Å². The lowest BCUT2D eigenvalue weighted by Gasteiger charge is -2.08. The number of anilines is 2. The summed E-state index contributed by atoms with van der Waals surface area (Å²) >= 11 is 0. The van der Waals surface area contributed by atoms with Crippen LogP contribution in [-0.2, 0) is 11.3 Å². The van der Waals surface area contributed by atoms with Crippen LogP contribution in [0.4, 0.5) is 11.6 Å². The second-order valence-corrected chi connectivity index (χ2v) is 6.51. The molecule has 1 amide bonds. The van der Waals surface area contributed by atoms with Gasteiger partial charge in [-0.25, -0.2) is 9.67 Å². The summed E-state index contributed by atoms with van der Waals surface area (Å²) in [5, 5.41) is 30.2. The lowest BCUT2D eigenvalue weighted by molar-refractivity contribution is -0.111. The average Bonchev–Trinajstić information content (AvgIpc) is 3.15. The van der Waals surface area contributed by atoms with Gasteiger partial charge in [0.25, 0.3) is 0 Å². The SMILES string of the molecule is C/C=C/C(=O)Nc1cccc(Cn2ncc3cnc(N/C(C=N)=C/NCCO)nc32)c1. The molecular formula is C21H24N8O2. The summed E-state index contributed by atoms with van der Waals surface area (Å²) in [5.41, 5.74) is 2.73. The second kappa shape index (κ2) is 10.6. The lowest BCUT2D eigenvalue weighted by Crippen LogP contribution is -2.15. The first-order valence-electron chi connectivity index (χ1n) is 9.66. The van der Waals surface area contributed by atoms with E-state index in [1.807, 2.05) is 24.3 Å². The Morgan fingerprint density at radius 1 is 1.29 bits per heavy atom. The monoisotopic (exact) mass is 420 g/mol. The summed E-state index contributed by atoms with van der Waals surface area (Å²) in [7, 11) is 0. The molecule has 0 aliphatic rings. The average molecular weight is 420 g/mol. The standard InChI is InChI=1S/C21H24N8O2/c1-2-4-19(31)26-17-6-3-5-15(9-17)14-29-20-16(12-25-29)11-24-21(28-20)27-18(10-22)13-23-7-8-30/h2-6,9-13,22-23,30H,7-8,14H2,1H3,(H,26,31)(H,24,27,28)/b4-2+,18-13+,22-10?. The van der Waals surface area contributed by atoms with Crippen LogP contribution in [0.5, 0.6) is 0 Å². The summed E-state index contributed by atoms with van der Waals surface area (Å²) in [6.07, 6.45) is 9.19. The highest BCUT2D eigenvalue weighted by atomic mass is 16.3. The quantitative estimate of drug-likeness (QED) is 0.192. The van der Waals surface area contributed by atoms with Crippen molar-refractivity contribution < 1.29 is 9.90 Å². The number of aromatic nitrogens is 4. The van der Waals surface area contributed by atoms with Crippen LogP contribution < -0.4 is 16.0 Å². The number of carbonyl (C=O) groups is 1. The first-order chi connectivity index (χ1) is 15.1. The van der Waals surface area contributed by atoms with Crippen molar-refractivity contribution in [2.75, 3.05) is 23.8 Å². The normalized spacial score (nSPS) is 11.6. The maximum Gasteiger partial charge on any atom is 0.248 e. The number of hydrogen-bond donors (Lipinski definition) is 5. The van der Waals surface area contributed by atoms with E-state index in [0.29, 0.717) is 36.1 Å². The summed E-state index contributed by atoms with van der Waals surface area (Å²) in [4.78, 5) is 20.5. The maximum absolute atomic E-state index is 11.8. The minimum atomic E-state index is -0.184. The molecule has 0 atom stereocenters. The minimum absolute atomic E-state index is 0.0103.